The van der Waals surface area contributed by atoms with Crippen molar-refractivity contribution in [1.82, 2.24) is 14.9 Å². The topological polar surface area (TPSA) is 86.3 Å². The molecule has 2 N–H and O–H groups in total. The standard InChI is InChI=1S/C13H14FN3O3/c1-13(2,12(19)20)17(3)11(18)8-4-7(14)5-9-10(8)16-6-15-9/h4-6H,1-3H3,(H,15,16)(H,19,20). The normalized spacial score (nSPS) is 11.6. The van der Waals surface area contributed by atoms with Gasteiger partial charge in [-0.3, -0.25) is 4.79 Å². The first-order valence-corrected chi connectivity index (χ1v) is 5.89. The summed E-state index contributed by atoms with van der Waals surface area (Å²) in [4.78, 5) is 31.3. The molecule has 0 saturated carbocycles. The molecular weight excluding hydrogens is 265 g/mol. The molecule has 106 valence electrons. The van der Waals surface area contributed by atoms with Crippen LogP contribution in [0, 0.1) is 5.82 Å². The van der Waals surface area contributed by atoms with E-state index in [9.17, 15) is 14.0 Å². The van der Waals surface area contributed by atoms with Crippen LogP contribution >= 0.6 is 0 Å². The third kappa shape index (κ3) is 2.11. The van der Waals surface area contributed by atoms with Crippen molar-refractivity contribution in [3.63, 3.8) is 0 Å². The number of aliphatic carboxylic acids is 1. The van der Waals surface area contributed by atoms with E-state index in [0.29, 0.717) is 11.0 Å². The van der Waals surface area contributed by atoms with Gasteiger partial charge in [-0.25, -0.2) is 14.2 Å². The lowest BCUT2D eigenvalue weighted by molar-refractivity contribution is -0.147. The summed E-state index contributed by atoms with van der Waals surface area (Å²) in [6.07, 6.45) is 1.35. The molecule has 0 fully saturated rings. The van der Waals surface area contributed by atoms with Crippen molar-refractivity contribution >= 4 is 22.9 Å². The van der Waals surface area contributed by atoms with Gasteiger partial charge in [0.1, 0.15) is 16.9 Å². The molecule has 0 atom stereocenters. The third-order valence-corrected chi connectivity index (χ3v) is 3.39. The van der Waals surface area contributed by atoms with Gasteiger partial charge < -0.3 is 15.0 Å². The van der Waals surface area contributed by atoms with E-state index in [1.54, 1.807) is 0 Å². The molecule has 0 unspecified atom stereocenters. The Balaban J connectivity index is 2.51. The zero-order chi connectivity index (χ0) is 15.1. The first kappa shape index (κ1) is 14.0. The number of hydrogen-bond acceptors (Lipinski definition) is 3. The van der Waals surface area contributed by atoms with E-state index in [1.807, 2.05) is 0 Å². The molecule has 6 nitrogen and oxygen atoms in total. The van der Waals surface area contributed by atoms with Crippen molar-refractivity contribution in [3.8, 4) is 0 Å². The molecule has 1 aromatic carbocycles. The largest absolute Gasteiger partial charge is 0.480 e. The lowest BCUT2D eigenvalue weighted by Gasteiger charge is -2.31. The zero-order valence-corrected chi connectivity index (χ0v) is 11.3. The van der Waals surface area contributed by atoms with Crippen molar-refractivity contribution < 1.29 is 19.1 Å². The molecular formula is C13H14FN3O3. The Labute approximate surface area is 114 Å². The highest BCUT2D eigenvalue weighted by atomic mass is 19.1. The molecule has 1 heterocycles. The van der Waals surface area contributed by atoms with Gasteiger partial charge in [-0.05, 0) is 26.0 Å². The average molecular weight is 279 g/mol. The lowest BCUT2D eigenvalue weighted by Crippen LogP contribution is -2.50. The minimum absolute atomic E-state index is 0.0260. The average Bonchev–Trinajstić information content (AvgIpc) is 2.83. The minimum Gasteiger partial charge on any atom is -0.480 e. The Hall–Kier alpha value is -2.44. The van der Waals surface area contributed by atoms with Gasteiger partial charge >= 0.3 is 5.97 Å². The van der Waals surface area contributed by atoms with Gasteiger partial charge in [-0.15, -0.1) is 0 Å². The second-order valence-corrected chi connectivity index (χ2v) is 4.98. The van der Waals surface area contributed by atoms with E-state index in [-0.39, 0.29) is 5.56 Å². The summed E-state index contributed by atoms with van der Waals surface area (Å²) < 4.78 is 13.5. The van der Waals surface area contributed by atoms with Crippen molar-refractivity contribution in [3.05, 3.63) is 29.8 Å². The molecule has 1 aromatic heterocycles. The van der Waals surface area contributed by atoms with E-state index < -0.39 is 23.2 Å². The Morgan fingerprint density at radius 2 is 2.05 bits per heavy atom. The number of likely N-dealkylation sites (N-methyl/N-ethyl adjacent to an activating group) is 1. The van der Waals surface area contributed by atoms with Crippen LogP contribution in [0.15, 0.2) is 18.5 Å². The molecule has 0 bridgehead atoms. The minimum atomic E-state index is -1.41. The number of amides is 1. The summed E-state index contributed by atoms with van der Waals surface area (Å²) in [6, 6.07) is 2.28. The van der Waals surface area contributed by atoms with Gasteiger partial charge in [0, 0.05) is 7.05 Å². The SMILES string of the molecule is CN(C(=O)c1cc(F)cc2[nH]cnc12)C(C)(C)C(=O)O. The first-order chi connectivity index (χ1) is 9.25. The maximum absolute atomic E-state index is 13.5. The number of aromatic amines is 1. The molecule has 0 radical (unpaired) electrons. The number of imidazole rings is 1. The highest BCUT2D eigenvalue weighted by Gasteiger charge is 2.36. The van der Waals surface area contributed by atoms with Crippen LogP contribution in [0.3, 0.4) is 0 Å². The number of aromatic nitrogens is 2. The number of fused-ring (bicyclic) bond motifs is 1. The molecule has 1 amide bonds. The van der Waals surface area contributed by atoms with Gasteiger partial charge in [0.2, 0.25) is 0 Å². The molecule has 2 aromatic rings. The number of carboxylic acids is 1. The van der Waals surface area contributed by atoms with Crippen molar-refractivity contribution in [1.29, 1.82) is 0 Å². The predicted octanol–water partition coefficient (Wildman–Crippen LogP) is 1.64. The van der Waals surface area contributed by atoms with E-state index >= 15 is 0 Å². The van der Waals surface area contributed by atoms with Crippen LogP contribution in [0.4, 0.5) is 4.39 Å². The fraction of sp³-hybridized carbons (Fsp3) is 0.308. The van der Waals surface area contributed by atoms with E-state index in [1.165, 1.54) is 33.3 Å². The monoisotopic (exact) mass is 279 g/mol. The maximum Gasteiger partial charge on any atom is 0.329 e. The van der Waals surface area contributed by atoms with Crippen LogP contribution < -0.4 is 0 Å². The fourth-order valence-electron chi connectivity index (χ4n) is 1.76. The Kier molecular flexibility index (Phi) is 3.21. The maximum atomic E-state index is 13.5. The Morgan fingerprint density at radius 1 is 1.40 bits per heavy atom. The fourth-order valence-corrected chi connectivity index (χ4v) is 1.76. The highest BCUT2D eigenvalue weighted by molar-refractivity contribution is 6.06. The van der Waals surface area contributed by atoms with Crippen LogP contribution in [-0.2, 0) is 4.79 Å². The summed E-state index contributed by atoms with van der Waals surface area (Å²) >= 11 is 0. The number of benzene rings is 1. The van der Waals surface area contributed by atoms with Crippen LogP contribution in [0.5, 0.6) is 0 Å². The number of nitrogens with one attached hydrogen (secondary N) is 1. The van der Waals surface area contributed by atoms with Crippen LogP contribution in [0.25, 0.3) is 11.0 Å². The van der Waals surface area contributed by atoms with E-state index in [4.69, 9.17) is 5.11 Å². The lowest BCUT2D eigenvalue weighted by atomic mass is 10.0. The van der Waals surface area contributed by atoms with Crippen molar-refractivity contribution in [2.24, 2.45) is 0 Å². The second kappa shape index (κ2) is 4.59. The van der Waals surface area contributed by atoms with Crippen LogP contribution in [0.2, 0.25) is 0 Å². The number of H-pyrrole nitrogens is 1. The van der Waals surface area contributed by atoms with Gasteiger partial charge in [-0.1, -0.05) is 0 Å². The van der Waals surface area contributed by atoms with Gasteiger partial charge in [0.25, 0.3) is 5.91 Å². The summed E-state index contributed by atoms with van der Waals surface area (Å²) in [5, 5.41) is 9.15. The van der Waals surface area contributed by atoms with Crippen LogP contribution in [-0.4, -0.2) is 44.4 Å². The number of halogens is 1. The third-order valence-electron chi connectivity index (χ3n) is 3.39. The molecule has 20 heavy (non-hydrogen) atoms. The molecule has 0 spiro atoms. The predicted molar refractivity (Wildman–Crippen MR) is 69.9 cm³/mol. The number of carboxylic acid groups (broad SMARTS) is 1. The molecule has 0 saturated heterocycles. The molecule has 7 heteroatoms. The number of carbonyl (C=O) groups excluding carboxylic acids is 1. The zero-order valence-electron chi connectivity index (χ0n) is 11.3. The van der Waals surface area contributed by atoms with E-state index in [2.05, 4.69) is 9.97 Å². The van der Waals surface area contributed by atoms with Crippen molar-refractivity contribution in [2.45, 2.75) is 19.4 Å². The Morgan fingerprint density at radius 3 is 2.65 bits per heavy atom. The molecule has 2 rings (SSSR count). The molecule has 0 aliphatic heterocycles. The number of nitrogens with zero attached hydrogens (tertiary/aromatic N) is 2. The Bertz CT molecular complexity index is 693. The van der Waals surface area contributed by atoms with E-state index in [0.717, 1.165) is 11.0 Å². The first-order valence-electron chi connectivity index (χ1n) is 5.89. The summed E-state index contributed by atoms with van der Waals surface area (Å²) in [7, 11) is 1.36. The van der Waals surface area contributed by atoms with Gasteiger partial charge in [-0.2, -0.15) is 0 Å². The molecule has 0 aliphatic rings. The highest BCUT2D eigenvalue weighted by Crippen LogP contribution is 2.22. The van der Waals surface area contributed by atoms with Gasteiger partial charge in [0.05, 0.1) is 17.4 Å². The molecule has 0 aliphatic carbocycles. The second-order valence-electron chi connectivity index (χ2n) is 4.98. The van der Waals surface area contributed by atoms with Crippen LogP contribution in [0.1, 0.15) is 24.2 Å². The summed E-state index contributed by atoms with van der Waals surface area (Å²) in [5.41, 5.74) is -0.691. The number of carbonyl (C=O) groups is 2. The smallest absolute Gasteiger partial charge is 0.329 e. The summed E-state index contributed by atoms with van der Waals surface area (Å²) in [6.45, 7) is 2.79. The number of rotatable bonds is 3. The van der Waals surface area contributed by atoms with Crippen molar-refractivity contribution in [2.75, 3.05) is 7.05 Å². The summed E-state index contributed by atoms with van der Waals surface area (Å²) in [5.74, 6) is -2.34. The quantitative estimate of drug-likeness (QED) is 0.894. The number of hydrogen-bond donors (Lipinski definition) is 2. The van der Waals surface area contributed by atoms with Gasteiger partial charge in [0.15, 0.2) is 0 Å².